The Kier molecular flexibility index (Phi) is 5.23. The number of halogens is 1. The van der Waals surface area contributed by atoms with E-state index in [2.05, 4.69) is 21.2 Å². The second kappa shape index (κ2) is 6.82. The Morgan fingerprint density at radius 3 is 2.35 bits per heavy atom. The molecule has 122 valence electrons. The monoisotopic (exact) mass is 396 g/mol. The Morgan fingerprint density at radius 2 is 1.78 bits per heavy atom. The van der Waals surface area contributed by atoms with E-state index in [-0.39, 0.29) is 16.8 Å². The van der Waals surface area contributed by atoms with Gasteiger partial charge in [-0.25, -0.2) is 13.6 Å². The van der Waals surface area contributed by atoms with Gasteiger partial charge in [0.25, 0.3) is 5.91 Å². The fourth-order valence-electron chi connectivity index (χ4n) is 2.13. The van der Waals surface area contributed by atoms with Crippen LogP contribution in [0.4, 0.5) is 0 Å². The van der Waals surface area contributed by atoms with Crippen LogP contribution in [0.25, 0.3) is 0 Å². The van der Waals surface area contributed by atoms with E-state index < -0.39 is 10.0 Å². The van der Waals surface area contributed by atoms with Gasteiger partial charge in [-0.2, -0.15) is 0 Å². The summed E-state index contributed by atoms with van der Waals surface area (Å²) >= 11 is 3.36. The van der Waals surface area contributed by atoms with Crippen molar-refractivity contribution in [2.45, 2.75) is 24.8 Å². The average Bonchev–Trinajstić information content (AvgIpc) is 2.46. The zero-order chi connectivity index (χ0) is 17.2. The molecule has 2 rings (SSSR count). The minimum absolute atomic E-state index is 0.0791. The summed E-state index contributed by atoms with van der Waals surface area (Å²) in [4.78, 5) is 12.4. The maximum Gasteiger partial charge on any atom is 0.252 e. The highest BCUT2D eigenvalue weighted by molar-refractivity contribution is 9.10. The first kappa shape index (κ1) is 17.7. The summed E-state index contributed by atoms with van der Waals surface area (Å²) in [5, 5.41) is 7.98. The lowest BCUT2D eigenvalue weighted by Crippen LogP contribution is -2.27. The van der Waals surface area contributed by atoms with Crippen LogP contribution in [-0.4, -0.2) is 14.3 Å². The Balaban J connectivity index is 2.25. The molecule has 1 unspecified atom stereocenters. The number of nitrogens with one attached hydrogen (secondary N) is 1. The highest BCUT2D eigenvalue weighted by atomic mass is 79.9. The number of benzene rings is 2. The molecule has 7 heteroatoms. The molecule has 0 aliphatic heterocycles. The van der Waals surface area contributed by atoms with Crippen molar-refractivity contribution in [3.63, 3.8) is 0 Å². The van der Waals surface area contributed by atoms with Gasteiger partial charge >= 0.3 is 0 Å². The number of nitrogens with two attached hydrogens (primary N) is 1. The second-order valence-corrected chi connectivity index (χ2v) is 7.75. The Labute approximate surface area is 144 Å². The normalized spacial score (nSPS) is 12.7. The van der Waals surface area contributed by atoms with Gasteiger partial charge in [-0.1, -0.05) is 34.1 Å². The van der Waals surface area contributed by atoms with E-state index in [0.29, 0.717) is 11.1 Å². The SMILES string of the molecule is Cc1ccc(S(N)(=O)=O)cc1C(=O)NC(C)c1ccc(Br)cc1. The van der Waals surface area contributed by atoms with Crippen LogP contribution in [-0.2, 0) is 10.0 Å². The van der Waals surface area contributed by atoms with Gasteiger partial charge in [0.2, 0.25) is 10.0 Å². The molecule has 2 aromatic rings. The van der Waals surface area contributed by atoms with Gasteiger partial charge in [-0.05, 0) is 49.2 Å². The van der Waals surface area contributed by atoms with E-state index in [0.717, 1.165) is 10.0 Å². The van der Waals surface area contributed by atoms with Crippen LogP contribution >= 0.6 is 15.9 Å². The number of aryl methyl sites for hydroxylation is 1. The molecule has 5 nitrogen and oxygen atoms in total. The predicted octanol–water partition coefficient (Wildman–Crippen LogP) is 2.90. The number of rotatable bonds is 4. The highest BCUT2D eigenvalue weighted by Crippen LogP contribution is 2.19. The van der Waals surface area contributed by atoms with Crippen LogP contribution < -0.4 is 10.5 Å². The molecule has 0 bridgehead atoms. The van der Waals surface area contributed by atoms with E-state index in [1.807, 2.05) is 31.2 Å². The van der Waals surface area contributed by atoms with E-state index >= 15 is 0 Å². The Morgan fingerprint density at radius 1 is 1.17 bits per heavy atom. The Bertz CT molecular complexity index is 833. The largest absolute Gasteiger partial charge is 0.346 e. The van der Waals surface area contributed by atoms with Crippen LogP contribution in [0.2, 0.25) is 0 Å². The van der Waals surface area contributed by atoms with Crippen molar-refractivity contribution in [2.24, 2.45) is 5.14 Å². The van der Waals surface area contributed by atoms with Gasteiger partial charge in [0.1, 0.15) is 0 Å². The minimum Gasteiger partial charge on any atom is -0.346 e. The summed E-state index contributed by atoms with van der Waals surface area (Å²) in [6.45, 7) is 3.60. The van der Waals surface area contributed by atoms with Gasteiger partial charge in [-0.3, -0.25) is 4.79 Å². The maximum absolute atomic E-state index is 12.4. The molecule has 0 aliphatic rings. The summed E-state index contributed by atoms with van der Waals surface area (Å²) < 4.78 is 23.8. The standard InChI is InChI=1S/C16H17BrN2O3S/c1-10-3-8-14(23(18,21)22)9-15(10)16(20)19-11(2)12-4-6-13(17)7-5-12/h3-9,11H,1-2H3,(H,19,20)(H2,18,21,22). The first-order valence-electron chi connectivity index (χ1n) is 6.88. The third-order valence-electron chi connectivity index (χ3n) is 3.50. The molecule has 0 heterocycles. The zero-order valence-corrected chi connectivity index (χ0v) is 15.1. The number of amides is 1. The first-order valence-corrected chi connectivity index (χ1v) is 9.22. The number of carbonyl (C=O) groups is 1. The summed E-state index contributed by atoms with van der Waals surface area (Å²) in [6, 6.07) is 11.6. The minimum atomic E-state index is -3.85. The maximum atomic E-state index is 12.4. The molecule has 0 radical (unpaired) electrons. The molecule has 3 N–H and O–H groups in total. The van der Waals surface area contributed by atoms with E-state index in [4.69, 9.17) is 5.14 Å². The molecule has 1 amide bonds. The van der Waals surface area contributed by atoms with Crippen molar-refractivity contribution in [3.05, 3.63) is 63.6 Å². The number of hydrogen-bond acceptors (Lipinski definition) is 3. The summed E-state index contributed by atoms with van der Waals surface area (Å²) in [6.07, 6.45) is 0. The third kappa shape index (κ3) is 4.40. The summed E-state index contributed by atoms with van der Waals surface area (Å²) in [7, 11) is -3.85. The van der Waals surface area contributed by atoms with Crippen molar-refractivity contribution in [1.29, 1.82) is 0 Å². The van der Waals surface area contributed by atoms with E-state index in [9.17, 15) is 13.2 Å². The lowest BCUT2D eigenvalue weighted by Gasteiger charge is -2.16. The second-order valence-electron chi connectivity index (χ2n) is 5.27. The molecule has 0 aliphatic carbocycles. The number of hydrogen-bond donors (Lipinski definition) is 2. The molecule has 1 atom stereocenters. The van der Waals surface area contributed by atoms with Gasteiger partial charge in [-0.15, -0.1) is 0 Å². The smallest absolute Gasteiger partial charge is 0.252 e. The molecule has 23 heavy (non-hydrogen) atoms. The summed E-state index contributed by atoms with van der Waals surface area (Å²) in [5.74, 6) is -0.344. The molecular weight excluding hydrogens is 380 g/mol. The van der Waals surface area contributed by atoms with E-state index in [1.54, 1.807) is 13.0 Å². The molecule has 0 fully saturated rings. The zero-order valence-electron chi connectivity index (χ0n) is 12.7. The van der Waals surface area contributed by atoms with E-state index in [1.165, 1.54) is 12.1 Å². The van der Waals surface area contributed by atoms with Gasteiger partial charge < -0.3 is 5.32 Å². The lowest BCUT2D eigenvalue weighted by molar-refractivity contribution is 0.0939. The number of sulfonamides is 1. The molecule has 2 aromatic carbocycles. The fourth-order valence-corrected chi connectivity index (χ4v) is 2.94. The van der Waals surface area contributed by atoms with Crippen molar-refractivity contribution in [2.75, 3.05) is 0 Å². The predicted molar refractivity (Wildman–Crippen MR) is 92.6 cm³/mol. The van der Waals surface area contributed by atoms with Gasteiger partial charge in [0.05, 0.1) is 10.9 Å². The number of carbonyl (C=O) groups excluding carboxylic acids is 1. The molecular formula is C16H17BrN2O3S. The molecule has 0 saturated heterocycles. The van der Waals surface area contributed by atoms with Crippen LogP contribution in [0.5, 0.6) is 0 Å². The third-order valence-corrected chi connectivity index (χ3v) is 4.94. The molecule has 0 spiro atoms. The van der Waals surface area contributed by atoms with Crippen LogP contribution in [0.15, 0.2) is 51.8 Å². The quantitative estimate of drug-likeness (QED) is 0.832. The van der Waals surface area contributed by atoms with Crippen LogP contribution in [0, 0.1) is 6.92 Å². The average molecular weight is 397 g/mol. The van der Waals surface area contributed by atoms with Gasteiger partial charge in [0, 0.05) is 10.0 Å². The van der Waals surface area contributed by atoms with Crippen molar-refractivity contribution >= 4 is 31.9 Å². The lowest BCUT2D eigenvalue weighted by atomic mass is 10.1. The Hall–Kier alpha value is -1.70. The van der Waals surface area contributed by atoms with Crippen LogP contribution in [0.3, 0.4) is 0 Å². The van der Waals surface area contributed by atoms with Gasteiger partial charge in [0.15, 0.2) is 0 Å². The first-order chi connectivity index (χ1) is 10.7. The highest BCUT2D eigenvalue weighted by Gasteiger charge is 2.17. The fraction of sp³-hybridized carbons (Fsp3) is 0.188. The topological polar surface area (TPSA) is 89.3 Å². The van der Waals surface area contributed by atoms with Crippen molar-refractivity contribution < 1.29 is 13.2 Å². The molecule has 0 saturated carbocycles. The van der Waals surface area contributed by atoms with Crippen LogP contribution in [0.1, 0.15) is 34.5 Å². The van der Waals surface area contributed by atoms with Crippen molar-refractivity contribution in [1.82, 2.24) is 5.32 Å². The summed E-state index contributed by atoms with van der Waals surface area (Å²) in [5.41, 5.74) is 1.92. The molecule has 0 aromatic heterocycles. The van der Waals surface area contributed by atoms with Crippen molar-refractivity contribution in [3.8, 4) is 0 Å². The number of primary sulfonamides is 1.